The van der Waals surface area contributed by atoms with Gasteiger partial charge in [0, 0.05) is 13.1 Å². The number of hydrogen-bond donors (Lipinski definition) is 1. The average molecular weight is 262 g/mol. The molecule has 0 saturated heterocycles. The van der Waals surface area contributed by atoms with Crippen LogP contribution in [0.25, 0.3) is 0 Å². The van der Waals surface area contributed by atoms with Crippen LogP contribution in [0.1, 0.15) is 0 Å². The lowest BCUT2D eigenvalue weighted by Gasteiger charge is -2.01. The lowest BCUT2D eigenvalue weighted by Crippen LogP contribution is -2.13. The first-order chi connectivity index (χ1) is 7.99. The van der Waals surface area contributed by atoms with E-state index in [9.17, 15) is 18.0 Å². The van der Waals surface area contributed by atoms with Gasteiger partial charge in [-0.3, -0.25) is 4.57 Å². The Kier molecular flexibility index (Phi) is 2.92. The molecule has 0 radical (unpaired) electrons. The molecule has 0 amide bonds. The van der Waals surface area contributed by atoms with Crippen molar-refractivity contribution in [2.75, 3.05) is 0 Å². The molecule has 0 bridgehead atoms. The van der Waals surface area contributed by atoms with Gasteiger partial charge in [0.25, 0.3) is 0 Å². The summed E-state index contributed by atoms with van der Waals surface area (Å²) in [6.45, 7) is 0. The summed E-state index contributed by atoms with van der Waals surface area (Å²) in [6.07, 6.45) is 0. The summed E-state index contributed by atoms with van der Waals surface area (Å²) < 4.78 is 39.8. The first-order valence-corrected chi connectivity index (χ1v) is 5.11. The van der Waals surface area contributed by atoms with Crippen LogP contribution in [0.5, 0.6) is 0 Å². The van der Waals surface area contributed by atoms with Crippen molar-refractivity contribution in [1.29, 1.82) is 0 Å². The number of pyridine rings is 1. The van der Waals surface area contributed by atoms with Crippen LogP contribution >= 0.6 is 11.8 Å². The predicted octanol–water partition coefficient (Wildman–Crippen LogP) is 1.07. The Morgan fingerprint density at radius 2 is 2.06 bits per heavy atom. The summed E-state index contributed by atoms with van der Waals surface area (Å²) in [6, 6.07) is 0.384. The molecule has 0 aromatic carbocycles. The van der Waals surface area contributed by atoms with Crippen LogP contribution in [0.4, 0.5) is 13.2 Å². The zero-order valence-electron chi connectivity index (χ0n) is 8.37. The standard InChI is InChI=1S/C8H5F3N4OS/c1-15-7(16)13-14-8(15)17-6-4(10)2-3(9)5(11)12-6/h2H,1H3,(H,13,16). The van der Waals surface area contributed by atoms with E-state index in [-0.39, 0.29) is 5.16 Å². The van der Waals surface area contributed by atoms with Crippen molar-refractivity contribution in [1.82, 2.24) is 19.7 Å². The molecule has 2 aromatic heterocycles. The Hall–Kier alpha value is -1.77. The molecule has 5 nitrogen and oxygen atoms in total. The fraction of sp³-hybridized carbons (Fsp3) is 0.125. The average Bonchev–Trinajstić information content (AvgIpc) is 2.58. The fourth-order valence-corrected chi connectivity index (χ4v) is 1.78. The van der Waals surface area contributed by atoms with Gasteiger partial charge in [0.15, 0.2) is 16.8 Å². The van der Waals surface area contributed by atoms with E-state index in [0.29, 0.717) is 17.8 Å². The summed E-state index contributed by atoms with van der Waals surface area (Å²) in [4.78, 5) is 14.1. The number of rotatable bonds is 2. The fourth-order valence-electron chi connectivity index (χ4n) is 1.01. The third-order valence-corrected chi connectivity index (χ3v) is 2.91. The molecule has 2 aromatic rings. The number of halogens is 3. The lowest BCUT2D eigenvalue weighted by atomic mass is 10.4. The van der Waals surface area contributed by atoms with Gasteiger partial charge in [-0.05, 0) is 11.8 Å². The van der Waals surface area contributed by atoms with Crippen LogP contribution in [0.3, 0.4) is 0 Å². The van der Waals surface area contributed by atoms with E-state index in [4.69, 9.17) is 0 Å². The Morgan fingerprint density at radius 3 is 2.65 bits per heavy atom. The van der Waals surface area contributed by atoms with Gasteiger partial charge in [0.1, 0.15) is 5.03 Å². The molecule has 0 aliphatic carbocycles. The van der Waals surface area contributed by atoms with Crippen molar-refractivity contribution in [3.8, 4) is 0 Å². The molecular weight excluding hydrogens is 257 g/mol. The quantitative estimate of drug-likeness (QED) is 0.822. The van der Waals surface area contributed by atoms with Crippen molar-refractivity contribution >= 4 is 11.8 Å². The van der Waals surface area contributed by atoms with E-state index >= 15 is 0 Å². The Labute approximate surface area is 96.7 Å². The largest absolute Gasteiger partial charge is 0.343 e. The third-order valence-electron chi connectivity index (χ3n) is 1.88. The molecule has 0 spiro atoms. The summed E-state index contributed by atoms with van der Waals surface area (Å²) in [5.74, 6) is -3.80. The SMILES string of the molecule is Cn1c(Sc2nc(F)c(F)cc2F)n[nH]c1=O. The molecule has 1 N–H and O–H groups in total. The van der Waals surface area contributed by atoms with Gasteiger partial charge >= 0.3 is 5.69 Å². The summed E-state index contributed by atoms with van der Waals surface area (Å²) in [5.41, 5.74) is -0.504. The highest BCUT2D eigenvalue weighted by Crippen LogP contribution is 2.26. The zero-order chi connectivity index (χ0) is 12.6. The molecule has 2 heterocycles. The second-order valence-corrected chi connectivity index (χ2v) is 3.98. The van der Waals surface area contributed by atoms with Gasteiger partial charge in [0.2, 0.25) is 5.95 Å². The van der Waals surface area contributed by atoms with Crippen molar-refractivity contribution in [3.05, 3.63) is 34.1 Å². The van der Waals surface area contributed by atoms with Crippen LogP contribution < -0.4 is 5.69 Å². The maximum atomic E-state index is 13.2. The van der Waals surface area contributed by atoms with E-state index in [1.807, 2.05) is 0 Å². The number of aromatic amines is 1. The van der Waals surface area contributed by atoms with E-state index in [2.05, 4.69) is 15.2 Å². The minimum absolute atomic E-state index is 0.0902. The molecule has 17 heavy (non-hydrogen) atoms. The van der Waals surface area contributed by atoms with Crippen LogP contribution in [0.2, 0.25) is 0 Å². The molecule has 0 aliphatic heterocycles. The summed E-state index contributed by atoms with van der Waals surface area (Å²) in [5, 5.41) is 5.38. The topological polar surface area (TPSA) is 63.6 Å². The number of H-pyrrole nitrogens is 1. The molecule has 9 heteroatoms. The molecule has 0 atom stereocenters. The lowest BCUT2D eigenvalue weighted by molar-refractivity contribution is 0.448. The Morgan fingerprint density at radius 1 is 1.35 bits per heavy atom. The smallest absolute Gasteiger partial charge is 0.273 e. The normalized spacial score (nSPS) is 10.8. The summed E-state index contributed by atoms with van der Waals surface area (Å²) >= 11 is 0.612. The van der Waals surface area contributed by atoms with Crippen LogP contribution in [0, 0.1) is 17.6 Å². The highest BCUT2D eigenvalue weighted by Gasteiger charge is 2.15. The number of aromatic nitrogens is 4. The molecule has 2 rings (SSSR count). The number of nitrogens with one attached hydrogen (secondary N) is 1. The van der Waals surface area contributed by atoms with Crippen molar-refractivity contribution < 1.29 is 13.2 Å². The first kappa shape index (κ1) is 11.7. The number of hydrogen-bond acceptors (Lipinski definition) is 4. The highest BCUT2D eigenvalue weighted by molar-refractivity contribution is 7.99. The number of nitrogens with zero attached hydrogens (tertiary/aromatic N) is 3. The molecule has 0 aliphatic rings. The monoisotopic (exact) mass is 262 g/mol. The van der Waals surface area contributed by atoms with E-state index in [1.165, 1.54) is 7.05 Å². The van der Waals surface area contributed by atoms with Crippen LogP contribution in [-0.4, -0.2) is 19.7 Å². The van der Waals surface area contributed by atoms with Gasteiger partial charge < -0.3 is 0 Å². The van der Waals surface area contributed by atoms with Gasteiger partial charge in [-0.2, -0.15) is 4.39 Å². The molecular formula is C8H5F3N4OS. The van der Waals surface area contributed by atoms with E-state index < -0.39 is 28.3 Å². The first-order valence-electron chi connectivity index (χ1n) is 4.30. The van der Waals surface area contributed by atoms with Crippen LogP contribution in [0.15, 0.2) is 21.0 Å². The molecule has 90 valence electrons. The van der Waals surface area contributed by atoms with Crippen molar-refractivity contribution in [3.63, 3.8) is 0 Å². The van der Waals surface area contributed by atoms with Crippen molar-refractivity contribution in [2.45, 2.75) is 10.2 Å². The minimum atomic E-state index is -1.41. The van der Waals surface area contributed by atoms with E-state index in [0.717, 1.165) is 4.57 Å². The predicted molar refractivity (Wildman–Crippen MR) is 52.1 cm³/mol. The van der Waals surface area contributed by atoms with Gasteiger partial charge in [0.05, 0.1) is 0 Å². The highest BCUT2D eigenvalue weighted by atomic mass is 32.2. The van der Waals surface area contributed by atoms with Gasteiger partial charge in [-0.15, -0.1) is 5.10 Å². The second-order valence-electron chi connectivity index (χ2n) is 3.02. The van der Waals surface area contributed by atoms with Crippen LogP contribution in [-0.2, 0) is 7.05 Å². The Bertz CT molecular complexity index is 624. The maximum absolute atomic E-state index is 13.2. The molecule has 0 saturated carbocycles. The van der Waals surface area contributed by atoms with Crippen molar-refractivity contribution in [2.24, 2.45) is 7.05 Å². The zero-order valence-corrected chi connectivity index (χ0v) is 9.19. The minimum Gasteiger partial charge on any atom is -0.273 e. The Balaban J connectivity index is 2.40. The summed E-state index contributed by atoms with van der Waals surface area (Å²) in [7, 11) is 1.39. The third kappa shape index (κ3) is 2.18. The van der Waals surface area contributed by atoms with E-state index in [1.54, 1.807) is 0 Å². The molecule has 0 unspecified atom stereocenters. The van der Waals surface area contributed by atoms with Gasteiger partial charge in [-0.1, -0.05) is 0 Å². The molecule has 0 fully saturated rings. The van der Waals surface area contributed by atoms with Gasteiger partial charge in [-0.25, -0.2) is 23.7 Å². The maximum Gasteiger partial charge on any atom is 0.343 e. The second kappa shape index (κ2) is 4.24.